The van der Waals surface area contributed by atoms with Crippen LogP contribution in [0.4, 0.5) is 4.39 Å². The Morgan fingerprint density at radius 2 is 1.82 bits per heavy atom. The van der Waals surface area contributed by atoms with E-state index in [1.807, 2.05) is 31.2 Å². The van der Waals surface area contributed by atoms with Crippen molar-refractivity contribution in [2.24, 2.45) is 5.41 Å². The van der Waals surface area contributed by atoms with Crippen LogP contribution in [0.3, 0.4) is 0 Å². The Morgan fingerprint density at radius 3 is 2.35 bits per heavy atom. The summed E-state index contributed by atoms with van der Waals surface area (Å²) in [5.74, 6) is -2.03. The highest BCUT2D eigenvalue weighted by Crippen LogP contribution is 2.40. The molecule has 2 heterocycles. The van der Waals surface area contributed by atoms with Crippen molar-refractivity contribution < 1.29 is 28.7 Å². The quantitative estimate of drug-likeness (QED) is 0.423. The first-order valence-corrected chi connectivity index (χ1v) is 14.4. The van der Waals surface area contributed by atoms with Crippen LogP contribution in [-0.4, -0.2) is 68.9 Å². The highest BCUT2D eigenvalue weighted by Gasteiger charge is 2.53. The number of β-amino-alcohol motifs (C(OH)–C–C–N with tert-alkyl or cyclic N) is 1. The fourth-order valence-corrected chi connectivity index (χ4v) is 5.78. The van der Waals surface area contributed by atoms with E-state index < -0.39 is 53.0 Å². The predicted molar refractivity (Wildman–Crippen MR) is 149 cm³/mol. The minimum absolute atomic E-state index is 0.00577. The van der Waals surface area contributed by atoms with Gasteiger partial charge in [-0.05, 0) is 43.2 Å². The summed E-state index contributed by atoms with van der Waals surface area (Å²) in [4.78, 5) is 58.4. The standard InChI is InChI=1S/C29H37FN4O5S/c1-16(35)12-21(18-6-8-19(9-7-18)23-17(2)31-15-40-23)32-25(37)22-13-20(36)14-34(22)26(38)24(28(3,4)5)33-27(39)29(30)10-11-29/h6-9,15,20-22,24,36H,10-14H2,1-5H3,(H,32,37)(H,33,39)/t20-,21+,22?,24-/m1/s1. The number of aliphatic hydroxyl groups excluding tert-OH is 1. The van der Waals surface area contributed by atoms with Crippen molar-refractivity contribution >= 4 is 34.8 Å². The van der Waals surface area contributed by atoms with Gasteiger partial charge in [0.05, 0.1) is 28.2 Å². The SMILES string of the molecule is CC(=O)C[C@H](NC(=O)C1C[C@@H](O)CN1C(=O)[C@@H](NC(=O)C1(F)CC1)C(C)(C)C)c1ccc(-c2scnc2C)cc1. The number of nitrogens with zero attached hydrogens (tertiary/aromatic N) is 2. The molecule has 1 aromatic carbocycles. The normalized spacial score (nSPS) is 21.4. The van der Waals surface area contributed by atoms with Gasteiger partial charge in [0, 0.05) is 19.4 Å². The number of ketones is 1. The molecule has 3 amide bonds. The summed E-state index contributed by atoms with van der Waals surface area (Å²) in [6, 6.07) is 4.78. The number of hydrogen-bond donors (Lipinski definition) is 3. The maximum atomic E-state index is 14.4. The largest absolute Gasteiger partial charge is 0.391 e. The van der Waals surface area contributed by atoms with E-state index in [1.165, 1.54) is 23.2 Å². The second-order valence-corrected chi connectivity index (χ2v) is 12.8. The second kappa shape index (κ2) is 11.4. The lowest BCUT2D eigenvalue weighted by atomic mass is 9.85. The number of carbonyl (C=O) groups excluding carboxylic acids is 4. The molecule has 3 N–H and O–H groups in total. The Morgan fingerprint density at radius 1 is 1.18 bits per heavy atom. The summed E-state index contributed by atoms with van der Waals surface area (Å²) in [5, 5.41) is 15.9. The number of rotatable bonds is 9. The number of carbonyl (C=O) groups is 4. The van der Waals surface area contributed by atoms with Crippen LogP contribution in [0.25, 0.3) is 10.4 Å². The van der Waals surface area contributed by atoms with Crippen molar-refractivity contribution in [3.05, 3.63) is 41.0 Å². The van der Waals surface area contributed by atoms with E-state index in [9.17, 15) is 28.7 Å². The van der Waals surface area contributed by atoms with E-state index in [0.717, 1.165) is 21.7 Å². The molecule has 11 heteroatoms. The summed E-state index contributed by atoms with van der Waals surface area (Å²) in [7, 11) is 0. The van der Waals surface area contributed by atoms with Crippen molar-refractivity contribution in [2.75, 3.05) is 6.54 Å². The maximum Gasteiger partial charge on any atom is 0.258 e. The van der Waals surface area contributed by atoms with Gasteiger partial charge in [0.25, 0.3) is 5.91 Å². The summed E-state index contributed by atoms with van der Waals surface area (Å²) in [6.07, 6.45) is -0.668. The molecule has 9 nitrogen and oxygen atoms in total. The van der Waals surface area contributed by atoms with Crippen molar-refractivity contribution in [1.82, 2.24) is 20.5 Å². The number of alkyl halides is 1. The number of aliphatic hydroxyl groups is 1. The number of hydrogen-bond acceptors (Lipinski definition) is 7. The molecule has 1 aliphatic heterocycles. The average Bonchev–Trinajstić information content (AvgIpc) is 3.28. The molecule has 1 unspecified atom stereocenters. The Kier molecular flexibility index (Phi) is 8.46. The van der Waals surface area contributed by atoms with Crippen molar-refractivity contribution in [2.45, 2.75) is 90.2 Å². The Hall–Kier alpha value is -3.18. The number of aryl methyl sites for hydroxylation is 1. The van der Waals surface area contributed by atoms with Gasteiger partial charge in [0.1, 0.15) is 17.9 Å². The number of aromatic nitrogens is 1. The first-order valence-electron chi connectivity index (χ1n) is 13.5. The number of halogens is 1. The number of nitrogens with one attached hydrogen (secondary N) is 2. The smallest absolute Gasteiger partial charge is 0.258 e. The lowest BCUT2D eigenvalue weighted by molar-refractivity contribution is -0.145. The van der Waals surface area contributed by atoms with Crippen LogP contribution in [0, 0.1) is 12.3 Å². The molecule has 1 aromatic heterocycles. The van der Waals surface area contributed by atoms with Gasteiger partial charge in [-0.1, -0.05) is 45.0 Å². The summed E-state index contributed by atoms with van der Waals surface area (Å²) in [6.45, 7) is 8.51. The first-order chi connectivity index (χ1) is 18.7. The number of Topliss-reactive ketones (excluding diaryl/α,β-unsaturated/α-hetero) is 1. The molecule has 1 aliphatic carbocycles. The van der Waals surface area contributed by atoms with E-state index in [0.29, 0.717) is 0 Å². The van der Waals surface area contributed by atoms with Crippen LogP contribution >= 0.6 is 11.3 Å². The third-order valence-electron chi connectivity index (χ3n) is 7.48. The zero-order valence-corrected chi connectivity index (χ0v) is 24.3. The number of likely N-dealkylation sites (tertiary alicyclic amines) is 1. The highest BCUT2D eigenvalue weighted by molar-refractivity contribution is 7.13. The lowest BCUT2D eigenvalue weighted by Gasteiger charge is -2.36. The molecule has 2 aromatic rings. The van der Waals surface area contributed by atoms with E-state index >= 15 is 0 Å². The molecule has 4 rings (SSSR count). The van der Waals surface area contributed by atoms with Gasteiger partial charge in [-0.3, -0.25) is 19.2 Å². The molecular formula is C29H37FN4O5S. The predicted octanol–water partition coefficient (Wildman–Crippen LogP) is 3.25. The molecule has 0 bridgehead atoms. The summed E-state index contributed by atoms with van der Waals surface area (Å²) < 4.78 is 14.4. The van der Waals surface area contributed by atoms with Gasteiger partial charge in [0.15, 0.2) is 5.67 Å². The zero-order chi connectivity index (χ0) is 29.4. The molecule has 40 heavy (non-hydrogen) atoms. The molecule has 2 aliphatic rings. The molecule has 1 saturated heterocycles. The van der Waals surface area contributed by atoms with Crippen LogP contribution in [-0.2, 0) is 19.2 Å². The lowest BCUT2D eigenvalue weighted by Crippen LogP contribution is -2.59. The molecule has 2 fully saturated rings. The average molecular weight is 573 g/mol. The highest BCUT2D eigenvalue weighted by atomic mass is 32.1. The van der Waals surface area contributed by atoms with Crippen molar-refractivity contribution in [1.29, 1.82) is 0 Å². The van der Waals surface area contributed by atoms with Gasteiger partial charge in [-0.2, -0.15) is 0 Å². The van der Waals surface area contributed by atoms with Crippen LogP contribution in [0.2, 0.25) is 0 Å². The zero-order valence-electron chi connectivity index (χ0n) is 23.5. The van der Waals surface area contributed by atoms with E-state index in [4.69, 9.17) is 0 Å². The maximum absolute atomic E-state index is 14.4. The van der Waals surface area contributed by atoms with Crippen molar-refractivity contribution in [3.8, 4) is 10.4 Å². The number of benzene rings is 1. The Balaban J connectivity index is 1.53. The van der Waals surface area contributed by atoms with Gasteiger partial charge in [-0.15, -0.1) is 11.3 Å². The van der Waals surface area contributed by atoms with Gasteiger partial charge in [0.2, 0.25) is 11.8 Å². The molecular weight excluding hydrogens is 535 g/mol. The minimum Gasteiger partial charge on any atom is -0.391 e. The summed E-state index contributed by atoms with van der Waals surface area (Å²) >= 11 is 1.53. The van der Waals surface area contributed by atoms with Crippen LogP contribution < -0.4 is 10.6 Å². The van der Waals surface area contributed by atoms with Gasteiger partial charge in [-0.25, -0.2) is 9.37 Å². The van der Waals surface area contributed by atoms with Gasteiger partial charge < -0.3 is 20.6 Å². The third kappa shape index (κ3) is 6.58. The fraction of sp³-hybridized carbons (Fsp3) is 0.552. The van der Waals surface area contributed by atoms with Crippen molar-refractivity contribution in [3.63, 3.8) is 0 Å². The van der Waals surface area contributed by atoms with Crippen LogP contribution in [0.1, 0.15) is 70.7 Å². The molecule has 0 spiro atoms. The van der Waals surface area contributed by atoms with E-state index in [2.05, 4.69) is 15.6 Å². The second-order valence-electron chi connectivity index (χ2n) is 12.0. The number of amides is 3. The van der Waals surface area contributed by atoms with E-state index in [-0.39, 0.29) is 38.0 Å². The van der Waals surface area contributed by atoms with Gasteiger partial charge >= 0.3 is 0 Å². The van der Waals surface area contributed by atoms with E-state index in [1.54, 1.807) is 26.3 Å². The third-order valence-corrected chi connectivity index (χ3v) is 8.46. The summed E-state index contributed by atoms with van der Waals surface area (Å²) in [5.41, 5.74) is 1.66. The van der Waals surface area contributed by atoms with Crippen LogP contribution in [0.5, 0.6) is 0 Å². The van der Waals surface area contributed by atoms with Crippen LogP contribution in [0.15, 0.2) is 29.8 Å². The minimum atomic E-state index is -1.96. The molecule has 216 valence electrons. The monoisotopic (exact) mass is 572 g/mol. The Labute approximate surface area is 237 Å². The molecule has 0 radical (unpaired) electrons. The topological polar surface area (TPSA) is 129 Å². The molecule has 1 saturated carbocycles. The Bertz CT molecular complexity index is 1280. The molecule has 4 atom stereocenters. The fourth-order valence-electron chi connectivity index (χ4n) is 4.97. The number of thiazole rings is 1. The first kappa shape index (κ1) is 29.8.